The third-order valence-corrected chi connectivity index (χ3v) is 5.12. The first-order chi connectivity index (χ1) is 15.5. The molecule has 0 radical (unpaired) electrons. The van der Waals surface area contributed by atoms with Gasteiger partial charge in [-0.3, -0.25) is 4.79 Å². The van der Waals surface area contributed by atoms with E-state index in [1.807, 2.05) is 19.1 Å². The van der Waals surface area contributed by atoms with Gasteiger partial charge in [0.15, 0.2) is 11.5 Å². The van der Waals surface area contributed by atoms with E-state index in [2.05, 4.69) is 37.5 Å². The SMILES string of the molecule is CCOc1cc(C=NNC(=O)c2cccnc2Cl)cc(Br)c1OCc1ccccc1C#N. The average Bonchev–Trinajstić information content (AvgIpc) is 2.79. The Balaban J connectivity index is 1.76. The fraction of sp³-hybridized carbons (Fsp3) is 0.130. The number of amides is 1. The van der Waals surface area contributed by atoms with Gasteiger partial charge in [0.1, 0.15) is 11.8 Å². The van der Waals surface area contributed by atoms with Crippen LogP contribution in [0.4, 0.5) is 0 Å². The minimum absolute atomic E-state index is 0.0982. The van der Waals surface area contributed by atoms with Gasteiger partial charge in [0.05, 0.1) is 34.5 Å². The van der Waals surface area contributed by atoms with Crippen LogP contribution in [0.3, 0.4) is 0 Å². The summed E-state index contributed by atoms with van der Waals surface area (Å²) >= 11 is 9.42. The van der Waals surface area contributed by atoms with Gasteiger partial charge in [0.2, 0.25) is 0 Å². The molecule has 0 fully saturated rings. The maximum Gasteiger partial charge on any atom is 0.274 e. The van der Waals surface area contributed by atoms with Crippen LogP contribution in [0, 0.1) is 11.3 Å². The van der Waals surface area contributed by atoms with Crippen LogP contribution in [0.2, 0.25) is 5.15 Å². The molecule has 1 amide bonds. The van der Waals surface area contributed by atoms with Crippen LogP contribution in [-0.4, -0.2) is 23.7 Å². The number of nitrogens with zero attached hydrogens (tertiary/aromatic N) is 3. The van der Waals surface area contributed by atoms with Crippen LogP contribution in [0.25, 0.3) is 0 Å². The Hall–Kier alpha value is -3.41. The Morgan fingerprint density at radius 2 is 2.09 bits per heavy atom. The van der Waals surface area contributed by atoms with Crippen molar-refractivity contribution in [2.45, 2.75) is 13.5 Å². The summed E-state index contributed by atoms with van der Waals surface area (Å²) in [5, 5.41) is 13.3. The average molecular weight is 514 g/mol. The summed E-state index contributed by atoms with van der Waals surface area (Å²) < 4.78 is 12.3. The molecule has 32 heavy (non-hydrogen) atoms. The molecule has 0 atom stereocenters. The highest BCUT2D eigenvalue weighted by Gasteiger charge is 2.14. The Morgan fingerprint density at radius 3 is 2.84 bits per heavy atom. The van der Waals surface area contributed by atoms with E-state index in [1.165, 1.54) is 12.4 Å². The van der Waals surface area contributed by atoms with E-state index < -0.39 is 5.91 Å². The molecule has 0 aliphatic rings. The number of nitriles is 1. The molecule has 0 saturated carbocycles. The lowest BCUT2D eigenvalue weighted by atomic mass is 10.1. The first-order valence-corrected chi connectivity index (χ1v) is 10.7. The van der Waals surface area contributed by atoms with Crippen molar-refractivity contribution in [3.05, 3.63) is 86.6 Å². The number of ether oxygens (including phenoxy) is 2. The first-order valence-electron chi connectivity index (χ1n) is 9.54. The highest BCUT2D eigenvalue weighted by Crippen LogP contribution is 2.37. The van der Waals surface area contributed by atoms with Crippen molar-refractivity contribution >= 4 is 39.7 Å². The van der Waals surface area contributed by atoms with Crippen molar-refractivity contribution in [2.75, 3.05) is 6.61 Å². The van der Waals surface area contributed by atoms with Crippen LogP contribution >= 0.6 is 27.5 Å². The van der Waals surface area contributed by atoms with E-state index in [0.29, 0.717) is 33.7 Å². The van der Waals surface area contributed by atoms with E-state index in [0.717, 1.165) is 5.56 Å². The number of hydrogen-bond donors (Lipinski definition) is 1. The third kappa shape index (κ3) is 5.84. The molecule has 0 bridgehead atoms. The monoisotopic (exact) mass is 512 g/mol. The number of hydrazone groups is 1. The molecule has 1 N–H and O–H groups in total. The summed E-state index contributed by atoms with van der Waals surface area (Å²) in [6, 6.07) is 16.1. The predicted octanol–water partition coefficient (Wildman–Crippen LogP) is 5.11. The van der Waals surface area contributed by atoms with Crippen LogP contribution in [0.15, 0.2) is 64.3 Å². The lowest BCUT2D eigenvalue weighted by Crippen LogP contribution is -2.18. The van der Waals surface area contributed by atoms with Crippen molar-refractivity contribution in [1.29, 1.82) is 5.26 Å². The van der Waals surface area contributed by atoms with Gasteiger partial charge >= 0.3 is 0 Å². The van der Waals surface area contributed by atoms with E-state index in [-0.39, 0.29) is 17.3 Å². The van der Waals surface area contributed by atoms with Gasteiger partial charge in [-0.15, -0.1) is 0 Å². The molecule has 9 heteroatoms. The molecule has 0 spiro atoms. The van der Waals surface area contributed by atoms with Gasteiger partial charge in [0, 0.05) is 11.8 Å². The van der Waals surface area contributed by atoms with Gasteiger partial charge in [-0.05, 0) is 58.7 Å². The Labute approximate surface area is 198 Å². The summed E-state index contributed by atoms with van der Waals surface area (Å²) in [4.78, 5) is 16.1. The topological polar surface area (TPSA) is 96.6 Å². The molecule has 3 rings (SSSR count). The van der Waals surface area contributed by atoms with Crippen molar-refractivity contribution in [2.24, 2.45) is 5.10 Å². The number of halogens is 2. The van der Waals surface area contributed by atoms with Crippen LogP contribution in [0.5, 0.6) is 11.5 Å². The smallest absolute Gasteiger partial charge is 0.274 e. The third-order valence-electron chi connectivity index (χ3n) is 4.22. The fourth-order valence-electron chi connectivity index (χ4n) is 2.75. The number of benzene rings is 2. The fourth-order valence-corrected chi connectivity index (χ4v) is 3.53. The molecule has 0 unspecified atom stereocenters. The van der Waals surface area contributed by atoms with Crippen molar-refractivity contribution in [3.63, 3.8) is 0 Å². The number of nitrogens with one attached hydrogen (secondary N) is 1. The maximum absolute atomic E-state index is 12.2. The zero-order valence-electron chi connectivity index (χ0n) is 17.0. The minimum atomic E-state index is -0.473. The van der Waals surface area contributed by atoms with Gasteiger partial charge < -0.3 is 9.47 Å². The lowest BCUT2D eigenvalue weighted by Gasteiger charge is -2.15. The second kappa shape index (κ2) is 11.3. The molecule has 162 valence electrons. The molecule has 0 saturated heterocycles. The molecule has 0 aliphatic carbocycles. The second-order valence-corrected chi connectivity index (χ2v) is 7.57. The van der Waals surface area contributed by atoms with Crippen LogP contribution in [-0.2, 0) is 6.61 Å². The number of rotatable bonds is 8. The Bertz CT molecular complexity index is 1190. The van der Waals surface area contributed by atoms with Gasteiger partial charge in [-0.25, -0.2) is 10.4 Å². The summed E-state index contributed by atoms with van der Waals surface area (Å²) in [5.74, 6) is 0.530. The number of carbonyl (C=O) groups excluding carboxylic acids is 1. The van der Waals surface area contributed by atoms with Crippen molar-refractivity contribution < 1.29 is 14.3 Å². The summed E-state index contributed by atoms with van der Waals surface area (Å²) in [5.41, 5.74) is 4.64. The molecule has 3 aromatic rings. The Kier molecular flexibility index (Phi) is 8.20. The lowest BCUT2D eigenvalue weighted by molar-refractivity contribution is 0.0955. The van der Waals surface area contributed by atoms with E-state index in [9.17, 15) is 10.1 Å². The molecular weight excluding hydrogens is 496 g/mol. The molecule has 7 nitrogen and oxygen atoms in total. The molecule has 1 aromatic heterocycles. The number of pyridine rings is 1. The molecular formula is C23H18BrClN4O3. The molecule has 2 aromatic carbocycles. The van der Waals surface area contributed by atoms with Crippen LogP contribution < -0.4 is 14.9 Å². The van der Waals surface area contributed by atoms with Crippen LogP contribution in [0.1, 0.15) is 34.0 Å². The number of carbonyl (C=O) groups is 1. The van der Waals surface area contributed by atoms with E-state index in [1.54, 1.807) is 36.4 Å². The standard InChI is InChI=1S/C23H18BrClN4O3/c1-2-31-20-11-15(13-28-29-23(30)18-8-5-9-27-22(18)25)10-19(24)21(20)32-14-17-7-4-3-6-16(17)12-26/h3-11,13H,2,14H2,1H3,(H,29,30). The zero-order chi connectivity index (χ0) is 22.9. The predicted molar refractivity (Wildman–Crippen MR) is 125 cm³/mol. The van der Waals surface area contributed by atoms with Crippen molar-refractivity contribution in [1.82, 2.24) is 10.4 Å². The second-order valence-electron chi connectivity index (χ2n) is 6.36. The normalized spacial score (nSPS) is 10.6. The Morgan fingerprint density at radius 1 is 1.28 bits per heavy atom. The summed E-state index contributed by atoms with van der Waals surface area (Å²) in [6.07, 6.45) is 2.97. The van der Waals surface area contributed by atoms with Gasteiger partial charge in [-0.1, -0.05) is 29.8 Å². The summed E-state index contributed by atoms with van der Waals surface area (Å²) in [7, 11) is 0. The van der Waals surface area contributed by atoms with E-state index in [4.69, 9.17) is 21.1 Å². The van der Waals surface area contributed by atoms with Gasteiger partial charge in [0.25, 0.3) is 5.91 Å². The number of hydrogen-bond acceptors (Lipinski definition) is 6. The largest absolute Gasteiger partial charge is 0.490 e. The maximum atomic E-state index is 12.2. The van der Waals surface area contributed by atoms with Gasteiger partial charge in [-0.2, -0.15) is 10.4 Å². The zero-order valence-corrected chi connectivity index (χ0v) is 19.4. The first kappa shape index (κ1) is 23.3. The minimum Gasteiger partial charge on any atom is -0.490 e. The molecule has 0 aliphatic heterocycles. The highest BCUT2D eigenvalue weighted by molar-refractivity contribution is 9.10. The highest BCUT2D eigenvalue weighted by atomic mass is 79.9. The number of aromatic nitrogens is 1. The van der Waals surface area contributed by atoms with Crippen molar-refractivity contribution in [3.8, 4) is 17.6 Å². The van der Waals surface area contributed by atoms with E-state index >= 15 is 0 Å². The molecule has 1 heterocycles. The quantitative estimate of drug-likeness (QED) is 0.256. The summed E-state index contributed by atoms with van der Waals surface area (Å²) in [6.45, 7) is 2.49.